The molecule has 1 aliphatic rings. The van der Waals surface area contributed by atoms with Crippen LogP contribution in [-0.2, 0) is 14.3 Å². The molecule has 108 valence electrons. The number of amides is 1. The van der Waals surface area contributed by atoms with E-state index >= 15 is 0 Å². The van der Waals surface area contributed by atoms with Crippen molar-refractivity contribution < 1.29 is 14.3 Å². The van der Waals surface area contributed by atoms with Crippen LogP contribution in [0.15, 0.2) is 21.0 Å². The predicted molar refractivity (Wildman–Crippen MR) is 79.5 cm³/mol. The average Bonchev–Trinajstić information content (AvgIpc) is 3.03. The Morgan fingerprint density at radius 3 is 3.20 bits per heavy atom. The van der Waals surface area contributed by atoms with Gasteiger partial charge in [0.15, 0.2) is 4.34 Å². The highest BCUT2D eigenvalue weighted by molar-refractivity contribution is 8.04. The zero-order valence-corrected chi connectivity index (χ0v) is 13.2. The maximum atomic E-state index is 11.8. The molecule has 0 unspecified atom stereocenters. The molecule has 1 amide bonds. The number of thioether (sulfide) groups is 2. The summed E-state index contributed by atoms with van der Waals surface area (Å²) in [4.78, 5) is 24.9. The van der Waals surface area contributed by atoms with E-state index in [1.807, 2.05) is 0 Å². The topological polar surface area (TPSA) is 72.4 Å². The number of carbonyl (C=O) groups is 2. The Morgan fingerprint density at radius 1 is 1.65 bits per heavy atom. The first-order chi connectivity index (χ1) is 9.70. The molecule has 0 bridgehead atoms. The standard InChI is InChI=1S/C11H13N3O3S3/c1-2-17-10(16)5-9-14(8(15)6-19-9)3-4-18-11-13-12-7-20-11/h5,7H,2-4,6H2,1H3/b9-5-. The molecule has 1 fully saturated rings. The quantitative estimate of drug-likeness (QED) is 0.445. The van der Waals surface area contributed by atoms with E-state index in [2.05, 4.69) is 10.2 Å². The van der Waals surface area contributed by atoms with Crippen LogP contribution < -0.4 is 0 Å². The Bertz CT molecular complexity index is 504. The minimum Gasteiger partial charge on any atom is -0.463 e. The molecule has 2 rings (SSSR count). The van der Waals surface area contributed by atoms with E-state index in [9.17, 15) is 9.59 Å². The summed E-state index contributed by atoms with van der Waals surface area (Å²) in [7, 11) is 0. The van der Waals surface area contributed by atoms with Gasteiger partial charge in [-0.2, -0.15) is 0 Å². The molecule has 0 aliphatic carbocycles. The lowest BCUT2D eigenvalue weighted by Gasteiger charge is -2.15. The zero-order chi connectivity index (χ0) is 14.4. The number of esters is 1. The van der Waals surface area contributed by atoms with Crippen molar-refractivity contribution in [2.24, 2.45) is 0 Å². The highest BCUT2D eigenvalue weighted by atomic mass is 32.2. The molecule has 2 heterocycles. The maximum Gasteiger partial charge on any atom is 0.333 e. The van der Waals surface area contributed by atoms with Gasteiger partial charge in [-0.25, -0.2) is 4.79 Å². The Kier molecular flexibility index (Phi) is 5.86. The molecule has 20 heavy (non-hydrogen) atoms. The molecule has 1 aliphatic heterocycles. The van der Waals surface area contributed by atoms with Gasteiger partial charge in [0.25, 0.3) is 0 Å². The Hall–Kier alpha value is -1.06. The van der Waals surface area contributed by atoms with Crippen LogP contribution in [0.25, 0.3) is 0 Å². The number of ether oxygens (including phenoxy) is 1. The summed E-state index contributed by atoms with van der Waals surface area (Å²) < 4.78 is 5.74. The lowest BCUT2D eigenvalue weighted by molar-refractivity contribution is -0.137. The van der Waals surface area contributed by atoms with Crippen molar-refractivity contribution in [1.82, 2.24) is 15.1 Å². The van der Waals surface area contributed by atoms with Gasteiger partial charge in [-0.1, -0.05) is 34.9 Å². The predicted octanol–water partition coefficient (Wildman–Crippen LogP) is 1.61. The van der Waals surface area contributed by atoms with Crippen molar-refractivity contribution in [1.29, 1.82) is 0 Å². The van der Waals surface area contributed by atoms with Crippen LogP contribution in [0.5, 0.6) is 0 Å². The fourth-order valence-electron chi connectivity index (χ4n) is 1.50. The minimum absolute atomic E-state index is 0.0170. The van der Waals surface area contributed by atoms with Gasteiger partial charge >= 0.3 is 5.97 Å². The van der Waals surface area contributed by atoms with Crippen molar-refractivity contribution in [3.8, 4) is 0 Å². The second-order valence-electron chi connectivity index (χ2n) is 3.62. The van der Waals surface area contributed by atoms with Crippen LogP contribution >= 0.6 is 34.9 Å². The molecule has 0 saturated carbocycles. The number of rotatable bonds is 6. The lowest BCUT2D eigenvalue weighted by atomic mass is 10.5. The summed E-state index contributed by atoms with van der Waals surface area (Å²) in [5.41, 5.74) is 1.67. The zero-order valence-electron chi connectivity index (χ0n) is 10.8. The Balaban J connectivity index is 1.89. The molecule has 0 atom stereocenters. The third-order valence-corrected chi connectivity index (χ3v) is 5.18. The molecule has 6 nitrogen and oxygen atoms in total. The summed E-state index contributed by atoms with van der Waals surface area (Å²) in [6.45, 7) is 2.62. The van der Waals surface area contributed by atoms with E-state index in [0.717, 1.165) is 4.34 Å². The number of hydrogen-bond acceptors (Lipinski definition) is 8. The minimum atomic E-state index is -0.411. The van der Waals surface area contributed by atoms with Gasteiger partial charge in [0.1, 0.15) is 5.51 Å². The van der Waals surface area contributed by atoms with Crippen molar-refractivity contribution in [3.05, 3.63) is 16.6 Å². The lowest BCUT2D eigenvalue weighted by Crippen LogP contribution is -2.27. The molecule has 0 spiro atoms. The summed E-state index contributed by atoms with van der Waals surface area (Å²) in [6, 6.07) is 0. The third kappa shape index (κ3) is 4.22. The van der Waals surface area contributed by atoms with Crippen LogP contribution in [-0.4, -0.2) is 51.6 Å². The van der Waals surface area contributed by atoms with Gasteiger partial charge in [0, 0.05) is 12.3 Å². The maximum absolute atomic E-state index is 11.8. The van der Waals surface area contributed by atoms with Gasteiger partial charge in [0.2, 0.25) is 5.91 Å². The van der Waals surface area contributed by atoms with Crippen LogP contribution in [0.2, 0.25) is 0 Å². The van der Waals surface area contributed by atoms with E-state index < -0.39 is 5.97 Å². The van der Waals surface area contributed by atoms with Crippen LogP contribution in [0.3, 0.4) is 0 Å². The molecule has 1 aromatic rings. The first-order valence-corrected chi connectivity index (χ1v) is 8.76. The SMILES string of the molecule is CCOC(=O)/C=C1\SCC(=O)N1CCSc1nncs1. The normalized spacial score (nSPS) is 16.9. The van der Waals surface area contributed by atoms with Crippen LogP contribution in [0.1, 0.15) is 6.92 Å². The van der Waals surface area contributed by atoms with E-state index in [4.69, 9.17) is 4.74 Å². The second kappa shape index (κ2) is 7.65. The molecule has 1 saturated heterocycles. The average molecular weight is 331 g/mol. The van der Waals surface area contributed by atoms with Crippen molar-refractivity contribution in [2.75, 3.05) is 24.7 Å². The number of nitrogens with zero attached hydrogens (tertiary/aromatic N) is 3. The largest absolute Gasteiger partial charge is 0.463 e. The number of aromatic nitrogens is 2. The van der Waals surface area contributed by atoms with Gasteiger partial charge in [-0.3, -0.25) is 4.79 Å². The fraction of sp³-hybridized carbons (Fsp3) is 0.455. The van der Waals surface area contributed by atoms with E-state index in [1.165, 1.54) is 29.2 Å². The summed E-state index contributed by atoms with van der Waals surface area (Å²) >= 11 is 4.38. The Labute approximate surface area is 129 Å². The molecular weight excluding hydrogens is 318 g/mol. The smallest absolute Gasteiger partial charge is 0.333 e. The Morgan fingerprint density at radius 2 is 2.50 bits per heavy atom. The van der Waals surface area contributed by atoms with E-state index in [0.29, 0.717) is 29.7 Å². The molecular formula is C11H13N3O3S3. The van der Waals surface area contributed by atoms with E-state index in [1.54, 1.807) is 29.1 Å². The third-order valence-electron chi connectivity index (χ3n) is 2.32. The molecule has 9 heteroatoms. The van der Waals surface area contributed by atoms with Gasteiger partial charge in [-0.15, -0.1) is 10.2 Å². The van der Waals surface area contributed by atoms with Crippen molar-refractivity contribution in [3.63, 3.8) is 0 Å². The van der Waals surface area contributed by atoms with Crippen molar-refractivity contribution >= 4 is 46.7 Å². The molecule has 0 aromatic carbocycles. The van der Waals surface area contributed by atoms with Crippen LogP contribution in [0, 0.1) is 0 Å². The highest BCUT2D eigenvalue weighted by Crippen LogP contribution is 2.29. The summed E-state index contributed by atoms with van der Waals surface area (Å²) in [6.07, 6.45) is 1.38. The van der Waals surface area contributed by atoms with E-state index in [-0.39, 0.29) is 5.91 Å². The highest BCUT2D eigenvalue weighted by Gasteiger charge is 2.27. The van der Waals surface area contributed by atoms with Crippen LogP contribution in [0.4, 0.5) is 0 Å². The first-order valence-electron chi connectivity index (χ1n) is 5.91. The first kappa shape index (κ1) is 15.3. The summed E-state index contributed by atoms with van der Waals surface area (Å²) in [5, 5.41) is 8.34. The van der Waals surface area contributed by atoms with Gasteiger partial charge < -0.3 is 9.64 Å². The monoisotopic (exact) mass is 331 g/mol. The second-order valence-corrected chi connectivity index (χ2v) is 6.79. The molecule has 0 radical (unpaired) electrons. The van der Waals surface area contributed by atoms with Crippen molar-refractivity contribution in [2.45, 2.75) is 11.3 Å². The molecule has 0 N–H and O–H groups in total. The molecule has 1 aromatic heterocycles. The fourth-order valence-corrected chi connectivity index (χ4v) is 3.94. The van der Waals surface area contributed by atoms with Gasteiger partial charge in [0.05, 0.1) is 23.5 Å². The van der Waals surface area contributed by atoms with Gasteiger partial charge in [-0.05, 0) is 6.92 Å². The number of carbonyl (C=O) groups excluding carboxylic acids is 2. The number of hydrogen-bond donors (Lipinski definition) is 0. The summed E-state index contributed by atoms with van der Waals surface area (Å²) in [5.74, 6) is 0.686.